The Labute approximate surface area is 170 Å². The van der Waals surface area contributed by atoms with Crippen molar-refractivity contribution in [1.29, 1.82) is 0 Å². The van der Waals surface area contributed by atoms with Gasteiger partial charge in [0.1, 0.15) is 6.54 Å². The number of hydrogen-bond donors (Lipinski definition) is 1. The molecule has 2 aromatic heterocycles. The molecule has 0 fully saturated rings. The van der Waals surface area contributed by atoms with Crippen LogP contribution in [0.25, 0.3) is 5.95 Å². The van der Waals surface area contributed by atoms with Crippen LogP contribution < -0.4 is 10.9 Å². The van der Waals surface area contributed by atoms with E-state index < -0.39 is 0 Å². The summed E-state index contributed by atoms with van der Waals surface area (Å²) in [6, 6.07) is 9.60. The molecule has 0 aliphatic rings. The van der Waals surface area contributed by atoms with Crippen LogP contribution in [-0.2, 0) is 24.2 Å². The molecule has 29 heavy (non-hydrogen) atoms. The van der Waals surface area contributed by atoms with Crippen LogP contribution in [0.5, 0.6) is 0 Å². The van der Waals surface area contributed by atoms with Gasteiger partial charge < -0.3 is 5.32 Å². The number of aryl methyl sites for hydroxylation is 4. The molecule has 0 unspecified atom stereocenters. The lowest BCUT2D eigenvalue weighted by molar-refractivity contribution is -0.116. The van der Waals surface area contributed by atoms with Crippen molar-refractivity contribution in [2.45, 2.75) is 54.0 Å². The fourth-order valence-electron chi connectivity index (χ4n) is 3.40. The molecule has 0 atom stereocenters. The Morgan fingerprint density at radius 2 is 1.76 bits per heavy atom. The molecule has 0 aliphatic heterocycles. The van der Waals surface area contributed by atoms with Crippen molar-refractivity contribution >= 4 is 11.6 Å². The zero-order valence-corrected chi connectivity index (χ0v) is 17.6. The number of hydrogen-bond acceptors (Lipinski definition) is 4. The van der Waals surface area contributed by atoms with E-state index in [1.54, 1.807) is 4.68 Å². The van der Waals surface area contributed by atoms with Gasteiger partial charge in [0.25, 0.3) is 5.56 Å². The van der Waals surface area contributed by atoms with Gasteiger partial charge in [-0.2, -0.15) is 5.10 Å². The lowest BCUT2D eigenvalue weighted by Crippen LogP contribution is -2.34. The van der Waals surface area contributed by atoms with E-state index in [0.717, 1.165) is 17.8 Å². The van der Waals surface area contributed by atoms with Crippen LogP contribution in [0, 0.1) is 20.8 Å². The van der Waals surface area contributed by atoms with Gasteiger partial charge in [-0.3, -0.25) is 14.2 Å². The first-order valence-electron chi connectivity index (χ1n) is 9.86. The van der Waals surface area contributed by atoms with Crippen LogP contribution in [0.2, 0.25) is 0 Å². The quantitative estimate of drug-likeness (QED) is 0.698. The van der Waals surface area contributed by atoms with Gasteiger partial charge in [-0.15, -0.1) is 0 Å². The van der Waals surface area contributed by atoms with Crippen molar-refractivity contribution in [1.82, 2.24) is 19.3 Å². The zero-order valence-electron chi connectivity index (χ0n) is 17.6. The van der Waals surface area contributed by atoms with Gasteiger partial charge in [0, 0.05) is 16.9 Å². The van der Waals surface area contributed by atoms with Crippen molar-refractivity contribution in [3.05, 3.63) is 68.9 Å². The van der Waals surface area contributed by atoms with Crippen molar-refractivity contribution < 1.29 is 4.79 Å². The molecule has 1 N–H and O–H groups in total. The summed E-state index contributed by atoms with van der Waals surface area (Å²) in [5.74, 6) is 0.0682. The van der Waals surface area contributed by atoms with E-state index in [2.05, 4.69) is 22.3 Å². The third kappa shape index (κ3) is 4.29. The number of rotatable bonds is 6. The molecule has 0 spiro atoms. The largest absolute Gasteiger partial charge is 0.325 e. The topological polar surface area (TPSA) is 81.8 Å². The van der Waals surface area contributed by atoms with Crippen molar-refractivity contribution in [3.8, 4) is 5.95 Å². The summed E-state index contributed by atoms with van der Waals surface area (Å²) < 4.78 is 3.02. The van der Waals surface area contributed by atoms with Gasteiger partial charge in [0.15, 0.2) is 0 Å². The Balaban J connectivity index is 1.99. The molecule has 0 bridgehead atoms. The van der Waals surface area contributed by atoms with Crippen LogP contribution in [0.3, 0.4) is 0 Å². The minimum atomic E-state index is -0.285. The molecule has 0 saturated carbocycles. The summed E-state index contributed by atoms with van der Waals surface area (Å²) >= 11 is 0. The molecular weight excluding hydrogens is 366 g/mol. The summed E-state index contributed by atoms with van der Waals surface area (Å²) in [7, 11) is 0. The molecule has 3 rings (SSSR count). The van der Waals surface area contributed by atoms with Gasteiger partial charge in [0.05, 0.1) is 11.4 Å². The highest BCUT2D eigenvalue weighted by molar-refractivity contribution is 5.90. The van der Waals surface area contributed by atoms with Crippen LogP contribution in [0.1, 0.15) is 42.1 Å². The van der Waals surface area contributed by atoms with E-state index in [4.69, 9.17) is 0 Å². The van der Waals surface area contributed by atoms with Crippen LogP contribution in [-0.4, -0.2) is 25.2 Å². The second kappa shape index (κ2) is 8.43. The Morgan fingerprint density at radius 3 is 2.31 bits per heavy atom. The minimum Gasteiger partial charge on any atom is -0.325 e. The molecule has 1 aromatic carbocycles. The highest BCUT2D eigenvalue weighted by Crippen LogP contribution is 2.13. The predicted octanol–water partition coefficient (Wildman–Crippen LogP) is 3.12. The number of benzene rings is 1. The van der Waals surface area contributed by atoms with Crippen molar-refractivity contribution in [2.75, 3.05) is 5.32 Å². The number of carbonyl (C=O) groups is 1. The molecule has 152 valence electrons. The summed E-state index contributed by atoms with van der Waals surface area (Å²) in [6.45, 7) is 9.45. The van der Waals surface area contributed by atoms with Gasteiger partial charge >= 0.3 is 0 Å². The van der Waals surface area contributed by atoms with Crippen molar-refractivity contribution in [3.63, 3.8) is 0 Å². The van der Waals surface area contributed by atoms with Gasteiger partial charge in [-0.1, -0.05) is 26.0 Å². The summed E-state index contributed by atoms with van der Waals surface area (Å²) in [6.07, 6.45) is 1.49. The van der Waals surface area contributed by atoms with E-state index in [1.807, 2.05) is 58.0 Å². The molecular formula is C22H27N5O2. The molecule has 0 aliphatic carbocycles. The lowest BCUT2D eigenvalue weighted by Gasteiger charge is -2.16. The number of aromatic nitrogens is 4. The molecule has 7 heteroatoms. The van der Waals surface area contributed by atoms with Crippen LogP contribution in [0.15, 0.2) is 35.1 Å². The average molecular weight is 393 g/mol. The van der Waals surface area contributed by atoms with E-state index in [-0.39, 0.29) is 18.0 Å². The molecule has 2 heterocycles. The first-order chi connectivity index (χ1) is 13.8. The number of carbonyl (C=O) groups excluding carboxylic acids is 1. The van der Waals surface area contributed by atoms with E-state index in [0.29, 0.717) is 29.3 Å². The number of anilines is 1. The first kappa shape index (κ1) is 20.5. The summed E-state index contributed by atoms with van der Waals surface area (Å²) in [5, 5.41) is 7.32. The first-order valence-corrected chi connectivity index (χ1v) is 9.86. The van der Waals surface area contributed by atoms with Crippen LogP contribution >= 0.6 is 0 Å². The SMILES string of the molecule is CCc1ccc(NC(=O)Cn2c(-n3nc(C)cc3C)nc(C)c(CC)c2=O)cc1. The zero-order chi connectivity index (χ0) is 21.1. The molecule has 3 aromatic rings. The fourth-order valence-corrected chi connectivity index (χ4v) is 3.40. The summed E-state index contributed by atoms with van der Waals surface area (Å²) in [5.41, 5.74) is 4.62. The Bertz CT molecular complexity index is 1090. The lowest BCUT2D eigenvalue weighted by atomic mass is 10.1. The second-order valence-corrected chi connectivity index (χ2v) is 7.16. The Morgan fingerprint density at radius 1 is 1.07 bits per heavy atom. The molecule has 0 saturated heterocycles. The van der Waals surface area contributed by atoms with Crippen LogP contribution in [0.4, 0.5) is 5.69 Å². The number of nitrogens with one attached hydrogen (secondary N) is 1. The maximum atomic E-state index is 13.1. The maximum Gasteiger partial charge on any atom is 0.258 e. The second-order valence-electron chi connectivity index (χ2n) is 7.16. The smallest absolute Gasteiger partial charge is 0.258 e. The third-order valence-electron chi connectivity index (χ3n) is 4.95. The third-order valence-corrected chi connectivity index (χ3v) is 4.95. The van der Waals surface area contributed by atoms with E-state index in [1.165, 1.54) is 10.1 Å². The van der Waals surface area contributed by atoms with Gasteiger partial charge in [-0.05, 0) is 57.4 Å². The number of nitrogens with zero attached hydrogens (tertiary/aromatic N) is 4. The fraction of sp³-hybridized carbons (Fsp3) is 0.364. The maximum absolute atomic E-state index is 13.1. The Hall–Kier alpha value is -3.22. The van der Waals surface area contributed by atoms with Crippen molar-refractivity contribution in [2.24, 2.45) is 0 Å². The van der Waals surface area contributed by atoms with E-state index in [9.17, 15) is 9.59 Å². The monoisotopic (exact) mass is 393 g/mol. The van der Waals surface area contributed by atoms with Gasteiger partial charge in [-0.25, -0.2) is 9.67 Å². The van der Waals surface area contributed by atoms with Gasteiger partial charge in [0.2, 0.25) is 11.9 Å². The molecule has 0 radical (unpaired) electrons. The number of amides is 1. The van der Waals surface area contributed by atoms with E-state index >= 15 is 0 Å². The molecule has 1 amide bonds. The summed E-state index contributed by atoms with van der Waals surface area (Å²) in [4.78, 5) is 30.4. The standard InChI is InChI=1S/C22H27N5O2/c1-6-17-8-10-18(11-9-17)24-20(28)13-26-21(29)19(7-2)16(5)23-22(26)27-15(4)12-14(3)25-27/h8-12H,6-7,13H2,1-5H3,(H,24,28). The highest BCUT2D eigenvalue weighted by Gasteiger charge is 2.19. The minimum absolute atomic E-state index is 0.137. The molecule has 7 nitrogen and oxygen atoms in total. The Kier molecular flexibility index (Phi) is 5.96. The highest BCUT2D eigenvalue weighted by atomic mass is 16.2. The average Bonchev–Trinajstić information content (AvgIpc) is 3.02. The predicted molar refractivity (Wildman–Crippen MR) is 114 cm³/mol. The normalized spacial score (nSPS) is 10.9.